The number of sulfonamides is 1. The summed E-state index contributed by atoms with van der Waals surface area (Å²) in [6.45, 7) is 0. The molecule has 1 fully saturated rings. The highest BCUT2D eigenvalue weighted by atomic mass is 79.9. The second-order valence-corrected chi connectivity index (χ2v) is 8.34. The molecule has 1 amide bonds. The van der Waals surface area contributed by atoms with Crippen LogP contribution < -0.4 is 4.72 Å². The lowest BCUT2D eigenvalue weighted by molar-refractivity contribution is -0.120. The molecule has 122 valence electrons. The van der Waals surface area contributed by atoms with Crippen LogP contribution in [0.3, 0.4) is 0 Å². The first-order valence-electron chi connectivity index (χ1n) is 7.12. The maximum Gasteiger partial charge on any atom is 0.240 e. The van der Waals surface area contributed by atoms with Crippen molar-refractivity contribution in [1.29, 1.82) is 0 Å². The predicted molar refractivity (Wildman–Crippen MR) is 89.0 cm³/mol. The summed E-state index contributed by atoms with van der Waals surface area (Å²) in [5.74, 6) is -0.924. The number of benzene rings is 1. The monoisotopic (exact) mass is 397 g/mol. The van der Waals surface area contributed by atoms with Crippen LogP contribution in [-0.4, -0.2) is 24.1 Å². The van der Waals surface area contributed by atoms with Crippen LogP contribution in [0.1, 0.15) is 23.6 Å². The third-order valence-corrected chi connectivity index (χ3v) is 5.50. The number of rotatable bonds is 5. The molecule has 0 aliphatic heterocycles. The summed E-state index contributed by atoms with van der Waals surface area (Å²) >= 11 is 3.37. The Hall–Kier alpha value is -1.67. The Labute approximate surface area is 143 Å². The molecule has 1 saturated carbocycles. The first kappa shape index (κ1) is 16.2. The van der Waals surface area contributed by atoms with Gasteiger partial charge in [0.1, 0.15) is 5.75 Å². The number of nitrogens with one attached hydrogen (secondary N) is 1. The molecule has 1 aliphatic carbocycles. The second-order valence-electron chi connectivity index (χ2n) is 5.71. The fraction of sp³-hybridized carbons (Fsp3) is 0.333. The van der Waals surface area contributed by atoms with E-state index in [1.807, 2.05) is 24.3 Å². The first-order valence-corrected chi connectivity index (χ1v) is 9.57. The Morgan fingerprint density at radius 3 is 2.65 bits per heavy atom. The van der Waals surface area contributed by atoms with Crippen molar-refractivity contribution in [1.82, 2.24) is 14.5 Å². The molecule has 0 spiro atoms. The molecular formula is C15H16BrN3O3S. The Kier molecular flexibility index (Phi) is 4.29. The van der Waals surface area contributed by atoms with Crippen molar-refractivity contribution in [2.75, 3.05) is 0 Å². The van der Waals surface area contributed by atoms with Crippen molar-refractivity contribution >= 4 is 31.9 Å². The molecule has 2 atom stereocenters. The van der Waals surface area contributed by atoms with Gasteiger partial charge in [0.25, 0.3) is 0 Å². The lowest BCUT2D eigenvalue weighted by Gasteiger charge is -2.05. The van der Waals surface area contributed by atoms with E-state index in [9.17, 15) is 13.2 Å². The largest absolute Gasteiger partial charge is 0.276 e. The highest BCUT2D eigenvalue weighted by molar-refractivity contribution is 9.10. The SMILES string of the molecule is Cn1ccc(CS(=O)(=O)NC(=O)[C@@H]2C[C@H]2c2ccc(Br)cc2)n1. The summed E-state index contributed by atoms with van der Waals surface area (Å²) in [5, 5.41) is 4.02. The maximum atomic E-state index is 12.1. The minimum atomic E-state index is -3.72. The van der Waals surface area contributed by atoms with Gasteiger partial charge in [-0.2, -0.15) is 5.10 Å². The number of hydrogen-bond donors (Lipinski definition) is 1. The van der Waals surface area contributed by atoms with Gasteiger partial charge >= 0.3 is 0 Å². The van der Waals surface area contributed by atoms with Crippen LogP contribution in [0.2, 0.25) is 0 Å². The molecule has 3 rings (SSSR count). The van der Waals surface area contributed by atoms with E-state index in [1.54, 1.807) is 19.3 Å². The van der Waals surface area contributed by atoms with Crippen LogP contribution in [0.15, 0.2) is 41.0 Å². The smallest absolute Gasteiger partial charge is 0.240 e. The fourth-order valence-corrected chi connectivity index (χ4v) is 3.90. The van der Waals surface area contributed by atoms with Gasteiger partial charge in [0.15, 0.2) is 0 Å². The lowest BCUT2D eigenvalue weighted by atomic mass is 10.1. The molecule has 8 heteroatoms. The average molecular weight is 398 g/mol. The topological polar surface area (TPSA) is 81.1 Å². The molecule has 1 N–H and O–H groups in total. The van der Waals surface area contributed by atoms with Crippen molar-refractivity contribution in [3.8, 4) is 0 Å². The summed E-state index contributed by atoms with van der Waals surface area (Å²) in [4.78, 5) is 12.1. The molecule has 23 heavy (non-hydrogen) atoms. The third-order valence-electron chi connectivity index (χ3n) is 3.79. The van der Waals surface area contributed by atoms with Gasteiger partial charge in [0.05, 0.1) is 5.69 Å². The average Bonchev–Trinajstić information content (AvgIpc) is 3.17. The van der Waals surface area contributed by atoms with E-state index >= 15 is 0 Å². The molecular weight excluding hydrogens is 382 g/mol. The Bertz CT molecular complexity index is 830. The Morgan fingerprint density at radius 2 is 2.04 bits per heavy atom. The molecule has 1 aromatic heterocycles. The van der Waals surface area contributed by atoms with E-state index in [0.29, 0.717) is 12.1 Å². The first-order chi connectivity index (χ1) is 10.8. The number of carbonyl (C=O) groups is 1. The normalized spacial score (nSPS) is 20.3. The lowest BCUT2D eigenvalue weighted by Crippen LogP contribution is -2.33. The summed E-state index contributed by atoms with van der Waals surface area (Å²) in [7, 11) is -2.01. The zero-order valence-electron chi connectivity index (χ0n) is 12.4. The van der Waals surface area contributed by atoms with Gasteiger partial charge in [0.2, 0.25) is 15.9 Å². The van der Waals surface area contributed by atoms with E-state index < -0.39 is 15.9 Å². The summed E-state index contributed by atoms with van der Waals surface area (Å²) < 4.78 is 28.8. The van der Waals surface area contributed by atoms with E-state index in [-0.39, 0.29) is 17.6 Å². The molecule has 1 aromatic carbocycles. The van der Waals surface area contributed by atoms with Gasteiger partial charge in [-0.15, -0.1) is 0 Å². The summed E-state index contributed by atoms with van der Waals surface area (Å²) in [6.07, 6.45) is 2.34. The van der Waals surface area contributed by atoms with E-state index in [4.69, 9.17) is 0 Å². The van der Waals surface area contributed by atoms with Gasteiger partial charge in [-0.25, -0.2) is 8.42 Å². The van der Waals surface area contributed by atoms with Crippen LogP contribution in [0, 0.1) is 5.92 Å². The molecule has 0 radical (unpaired) electrons. The van der Waals surface area contributed by atoms with E-state index in [2.05, 4.69) is 25.8 Å². The molecule has 1 heterocycles. The zero-order chi connectivity index (χ0) is 16.6. The van der Waals surface area contributed by atoms with Crippen LogP contribution >= 0.6 is 15.9 Å². The molecule has 0 unspecified atom stereocenters. The number of hydrogen-bond acceptors (Lipinski definition) is 4. The number of halogens is 1. The minimum absolute atomic E-state index is 0.0909. The standard InChI is InChI=1S/C15H16BrN3O3S/c1-19-7-6-12(17-19)9-23(21,22)18-15(20)14-8-13(14)10-2-4-11(16)5-3-10/h2-7,13-14H,8-9H2,1H3,(H,18,20)/t13-,14+/m0/s1. The number of aromatic nitrogens is 2. The van der Waals surface area contributed by atoms with Crippen LogP contribution in [0.25, 0.3) is 0 Å². The highest BCUT2D eigenvalue weighted by Crippen LogP contribution is 2.47. The van der Waals surface area contributed by atoms with Crippen molar-refractivity contribution in [2.45, 2.75) is 18.1 Å². The number of aryl methyl sites for hydroxylation is 1. The molecule has 0 bridgehead atoms. The van der Waals surface area contributed by atoms with Gasteiger partial charge in [-0.3, -0.25) is 14.2 Å². The number of carbonyl (C=O) groups excluding carboxylic acids is 1. The summed E-state index contributed by atoms with van der Waals surface area (Å²) in [6, 6.07) is 9.35. The Morgan fingerprint density at radius 1 is 1.35 bits per heavy atom. The quantitative estimate of drug-likeness (QED) is 0.835. The third kappa shape index (κ3) is 4.00. The number of amides is 1. The van der Waals surface area contributed by atoms with Crippen LogP contribution in [0.4, 0.5) is 0 Å². The van der Waals surface area contributed by atoms with Crippen LogP contribution in [-0.2, 0) is 27.6 Å². The molecule has 2 aromatic rings. The van der Waals surface area contributed by atoms with Crippen LogP contribution in [0.5, 0.6) is 0 Å². The predicted octanol–water partition coefficient (Wildman–Crippen LogP) is 1.93. The maximum absolute atomic E-state index is 12.1. The number of nitrogens with zero attached hydrogens (tertiary/aromatic N) is 2. The van der Waals surface area contributed by atoms with E-state index in [1.165, 1.54) is 4.68 Å². The van der Waals surface area contributed by atoms with Gasteiger partial charge < -0.3 is 0 Å². The molecule has 6 nitrogen and oxygen atoms in total. The molecule has 1 aliphatic rings. The second kappa shape index (κ2) is 6.09. The summed E-state index contributed by atoms with van der Waals surface area (Å²) in [5.41, 5.74) is 1.46. The van der Waals surface area contributed by atoms with Gasteiger partial charge in [-0.05, 0) is 36.1 Å². The molecule has 0 saturated heterocycles. The Balaban J connectivity index is 1.60. The van der Waals surface area contributed by atoms with E-state index in [0.717, 1.165) is 10.0 Å². The highest BCUT2D eigenvalue weighted by Gasteiger charge is 2.45. The zero-order valence-corrected chi connectivity index (χ0v) is 14.8. The van der Waals surface area contributed by atoms with Crippen molar-refractivity contribution in [3.05, 3.63) is 52.3 Å². The van der Waals surface area contributed by atoms with Crippen molar-refractivity contribution < 1.29 is 13.2 Å². The van der Waals surface area contributed by atoms with Gasteiger partial charge in [0, 0.05) is 23.6 Å². The van der Waals surface area contributed by atoms with Gasteiger partial charge in [-0.1, -0.05) is 28.1 Å². The fourth-order valence-electron chi connectivity index (χ4n) is 2.56. The van der Waals surface area contributed by atoms with Crippen molar-refractivity contribution in [3.63, 3.8) is 0 Å². The van der Waals surface area contributed by atoms with Crippen molar-refractivity contribution in [2.24, 2.45) is 13.0 Å². The minimum Gasteiger partial charge on any atom is -0.276 e.